The van der Waals surface area contributed by atoms with E-state index in [-0.39, 0.29) is 28.7 Å². The topological polar surface area (TPSA) is 243 Å². The Morgan fingerprint density at radius 1 is 1.33 bits per heavy atom. The molecule has 1 fully saturated rings. The summed E-state index contributed by atoms with van der Waals surface area (Å²) in [4.78, 5) is 46.9. The quantitative estimate of drug-likeness (QED) is 0.0863. The van der Waals surface area contributed by atoms with Crippen LogP contribution < -0.4 is 15.6 Å². The number of carbonyl (C=O) groups excluding carboxylic acids is 1. The molecule has 0 radical (unpaired) electrons. The van der Waals surface area contributed by atoms with Gasteiger partial charge in [0.2, 0.25) is 18.1 Å². The summed E-state index contributed by atoms with van der Waals surface area (Å²) >= 11 is 0. The number of aliphatic hydroxyl groups is 1. The lowest BCUT2D eigenvalue weighted by Gasteiger charge is -2.31. The molecule has 0 saturated carbocycles. The van der Waals surface area contributed by atoms with E-state index in [2.05, 4.69) is 14.8 Å². The van der Waals surface area contributed by atoms with E-state index in [1.807, 2.05) is 0 Å². The molecular formula is C24H34N6O12P+. The molecule has 0 spiro atoms. The minimum Gasteiger partial charge on any atom is -0.425 e. The number of rotatable bonds is 9. The van der Waals surface area contributed by atoms with Crippen LogP contribution in [0.15, 0.2) is 35.6 Å². The number of aromatic nitrogens is 2. The van der Waals surface area contributed by atoms with Gasteiger partial charge in [-0.05, 0) is 6.07 Å². The first-order chi connectivity index (χ1) is 20.0. The number of carbonyl (C=O) groups is 1. The molecule has 236 valence electrons. The van der Waals surface area contributed by atoms with Gasteiger partial charge < -0.3 is 39.6 Å². The van der Waals surface area contributed by atoms with Crippen LogP contribution in [-0.2, 0) is 35.1 Å². The van der Waals surface area contributed by atoms with E-state index in [0.29, 0.717) is 0 Å². The third-order valence-corrected chi connectivity index (χ3v) is 7.30. The highest BCUT2D eigenvalue weighted by Crippen LogP contribution is 2.42. The Kier molecular flexibility index (Phi) is 9.13. The van der Waals surface area contributed by atoms with Crippen LogP contribution in [-0.4, -0.2) is 68.5 Å². The third-order valence-electron chi connectivity index (χ3n) is 6.82. The molecular weight excluding hydrogens is 595 g/mol. The van der Waals surface area contributed by atoms with E-state index in [4.69, 9.17) is 24.7 Å². The van der Waals surface area contributed by atoms with Crippen molar-refractivity contribution in [1.82, 2.24) is 4.57 Å². The maximum Gasteiger partial charge on any atom is 0.509 e. The number of para-hydroxylation sites is 1. The zero-order chi connectivity index (χ0) is 31.9. The second-order valence-corrected chi connectivity index (χ2v) is 12.2. The molecule has 43 heavy (non-hydrogen) atoms. The smallest absolute Gasteiger partial charge is 0.425 e. The van der Waals surface area contributed by atoms with E-state index in [1.165, 1.54) is 40.8 Å². The van der Waals surface area contributed by atoms with Crippen LogP contribution in [0.3, 0.4) is 0 Å². The molecule has 6 N–H and O–H groups in total. The number of methoxy groups -OCH3 is 1. The molecule has 1 saturated heterocycles. The molecule has 0 bridgehead atoms. The molecule has 4 rings (SSSR count). The number of hydrogen-bond donors (Lipinski definition) is 5. The summed E-state index contributed by atoms with van der Waals surface area (Å²) in [7, 11) is -2.04. The average molecular weight is 630 g/mol. The maximum atomic E-state index is 13.4. The molecule has 1 aromatic carbocycles. The van der Waals surface area contributed by atoms with Crippen LogP contribution in [0.5, 0.6) is 0 Å². The molecule has 3 unspecified atom stereocenters. The van der Waals surface area contributed by atoms with Crippen molar-refractivity contribution in [3.8, 4) is 0 Å². The van der Waals surface area contributed by atoms with Gasteiger partial charge in [0.15, 0.2) is 12.4 Å². The van der Waals surface area contributed by atoms with Crippen LogP contribution in [0.25, 0.3) is 0 Å². The first-order valence-corrected chi connectivity index (χ1v) is 14.4. The number of nitrogens with one attached hydrogen (secondary N) is 1. The number of imidazole rings is 1. The summed E-state index contributed by atoms with van der Waals surface area (Å²) in [6.45, 7) is 4.53. The molecule has 6 atom stereocenters. The number of nitro benzene ring substituents is 1. The maximum absolute atomic E-state index is 13.4. The summed E-state index contributed by atoms with van der Waals surface area (Å²) in [5, 5.41) is 25.0. The van der Waals surface area contributed by atoms with Gasteiger partial charge in [0.1, 0.15) is 18.3 Å². The zero-order valence-corrected chi connectivity index (χ0v) is 24.8. The second-order valence-electron chi connectivity index (χ2n) is 10.9. The molecule has 2 aliphatic rings. The van der Waals surface area contributed by atoms with E-state index in [1.54, 1.807) is 33.9 Å². The normalized spacial score (nSPS) is 24.5. The summed E-state index contributed by atoms with van der Waals surface area (Å²) in [5.41, 5.74) is 5.18. The first-order valence-electron chi connectivity index (χ1n) is 12.9. The van der Waals surface area contributed by atoms with Crippen molar-refractivity contribution in [2.75, 3.05) is 19.0 Å². The summed E-state index contributed by atoms with van der Waals surface area (Å²) in [5.74, 6) is 0.116. The number of benzene rings is 1. The lowest BCUT2D eigenvalue weighted by atomic mass is 9.84. The minimum absolute atomic E-state index is 0.114. The molecule has 3 heterocycles. The average Bonchev–Trinajstić information content (AvgIpc) is 3.41. The summed E-state index contributed by atoms with van der Waals surface area (Å²) in [6, 6.07) is 5.84. The molecule has 2 aliphatic heterocycles. The molecule has 18 nitrogen and oxygen atoms in total. The summed E-state index contributed by atoms with van der Waals surface area (Å²) < 4.78 is 42.1. The Hall–Kier alpha value is -3.64. The number of phosphoric acid groups is 1. The van der Waals surface area contributed by atoms with E-state index in [9.17, 15) is 34.4 Å². The molecule has 0 amide bonds. The largest absolute Gasteiger partial charge is 0.509 e. The van der Waals surface area contributed by atoms with Gasteiger partial charge in [-0.1, -0.05) is 32.9 Å². The number of aryl methyl sites for hydroxylation is 1. The number of anilines is 1. The van der Waals surface area contributed by atoms with Crippen molar-refractivity contribution in [3.63, 3.8) is 0 Å². The highest BCUT2D eigenvalue weighted by Gasteiger charge is 2.53. The van der Waals surface area contributed by atoms with E-state index in [0.717, 1.165) is 0 Å². The van der Waals surface area contributed by atoms with Crippen LogP contribution in [0.4, 0.5) is 16.3 Å². The van der Waals surface area contributed by atoms with Crippen LogP contribution in [0.1, 0.15) is 50.6 Å². The Morgan fingerprint density at radius 2 is 2.00 bits per heavy atom. The lowest BCUT2D eigenvalue weighted by molar-refractivity contribution is -0.753. The highest BCUT2D eigenvalue weighted by atomic mass is 31.2. The van der Waals surface area contributed by atoms with Gasteiger partial charge >= 0.3 is 14.0 Å². The number of fused-ring (bicyclic) bond motifs is 1. The number of aliphatic imine (C=N–C) groups is 1. The summed E-state index contributed by atoms with van der Waals surface area (Å²) in [6.07, 6.45) is -7.08. The van der Waals surface area contributed by atoms with Crippen LogP contribution in [0.2, 0.25) is 0 Å². The van der Waals surface area contributed by atoms with Gasteiger partial charge in [-0.2, -0.15) is 4.99 Å². The van der Waals surface area contributed by atoms with Crippen molar-refractivity contribution in [1.29, 1.82) is 0 Å². The van der Waals surface area contributed by atoms with Crippen molar-refractivity contribution in [2.24, 2.45) is 23.2 Å². The molecule has 2 aromatic rings. The lowest BCUT2D eigenvalue weighted by Crippen LogP contribution is -2.50. The number of nitro groups is 1. The fourth-order valence-corrected chi connectivity index (χ4v) is 5.38. The number of hydrogen-bond acceptors (Lipinski definition) is 13. The standard InChI is InChI=1S/C24H33N6O12P/c1-24(2,3)18(12-8-6-7-9-13(12)30(33)34)42-23(32)41-17-16(38-5)14(10-39-43(35,36)37)40-21(17)29-11-28(4)15-19(29)26-22(25)27-20(15)31/h6-9,11,14,16-18,20-21,31H,10H2,1-5H3,(H4-,25,26,27,35,36,37)/p+1/t14-,16+,17?,18?,20?,21-/m1/s1. The third kappa shape index (κ3) is 6.96. The number of nitrogens with zero attached hydrogens (tertiary/aromatic N) is 4. The molecule has 1 aromatic heterocycles. The second kappa shape index (κ2) is 12.2. The predicted molar refractivity (Wildman–Crippen MR) is 145 cm³/mol. The van der Waals surface area contributed by atoms with Gasteiger partial charge in [0.05, 0.1) is 24.1 Å². The van der Waals surface area contributed by atoms with Gasteiger partial charge in [-0.25, -0.2) is 19.2 Å². The number of ether oxygens (including phenoxy) is 4. The van der Waals surface area contributed by atoms with Crippen molar-refractivity contribution < 1.29 is 57.2 Å². The number of guanidine groups is 1. The molecule has 0 aliphatic carbocycles. The van der Waals surface area contributed by atoms with E-state index < -0.39 is 67.8 Å². The Balaban J connectivity index is 1.70. The van der Waals surface area contributed by atoms with Crippen molar-refractivity contribution in [2.45, 2.75) is 57.6 Å². The van der Waals surface area contributed by atoms with Gasteiger partial charge in [0.25, 0.3) is 17.5 Å². The first kappa shape index (κ1) is 32.3. The Labute approximate surface area is 245 Å². The van der Waals surface area contributed by atoms with Gasteiger partial charge in [-0.15, -0.1) is 0 Å². The number of nitrogens with two attached hydrogens (primary N) is 1. The highest BCUT2D eigenvalue weighted by molar-refractivity contribution is 7.46. The van der Waals surface area contributed by atoms with Gasteiger partial charge in [0, 0.05) is 18.6 Å². The fourth-order valence-electron chi connectivity index (χ4n) is 5.04. The van der Waals surface area contributed by atoms with Crippen molar-refractivity contribution in [3.05, 3.63) is 52.0 Å². The van der Waals surface area contributed by atoms with Crippen LogP contribution in [0, 0.1) is 15.5 Å². The zero-order valence-electron chi connectivity index (χ0n) is 23.9. The van der Waals surface area contributed by atoms with Crippen LogP contribution >= 0.6 is 7.82 Å². The monoisotopic (exact) mass is 629 g/mol. The Morgan fingerprint density at radius 3 is 2.60 bits per heavy atom. The fraction of sp³-hybridized carbons (Fsp3) is 0.542. The minimum atomic E-state index is -4.92. The van der Waals surface area contributed by atoms with Gasteiger partial charge in [-0.3, -0.25) is 19.2 Å². The number of aliphatic hydroxyl groups excluding tert-OH is 1. The Bertz CT molecular complexity index is 1450. The number of phosphoric ester groups is 1. The predicted octanol–water partition coefficient (Wildman–Crippen LogP) is 1.28. The van der Waals surface area contributed by atoms with E-state index >= 15 is 0 Å². The van der Waals surface area contributed by atoms with Crippen molar-refractivity contribution >= 4 is 31.4 Å². The molecule has 19 heteroatoms. The SMILES string of the molecule is CO[C@@H]1C(OC(=O)OC(c2ccccc2[N+](=O)[O-])C(C)(C)C)[C@H]([n+]2cn(C)c3c2NC(N)=NC3O)O[C@@H]1COP(=O)(O)O.